The van der Waals surface area contributed by atoms with E-state index in [4.69, 9.17) is 0 Å². The SMILES string of the molecule is Cc1ccc2nc(CC(C)(C)C)cc(=O)n2c1. The molecule has 0 aliphatic heterocycles. The summed E-state index contributed by atoms with van der Waals surface area (Å²) >= 11 is 0. The molecule has 3 heteroatoms. The molecule has 90 valence electrons. The second kappa shape index (κ2) is 3.99. The molecule has 0 radical (unpaired) electrons. The van der Waals surface area contributed by atoms with Crippen LogP contribution in [0.3, 0.4) is 0 Å². The van der Waals surface area contributed by atoms with Crippen LogP contribution in [-0.2, 0) is 6.42 Å². The zero-order valence-electron chi connectivity index (χ0n) is 10.8. The van der Waals surface area contributed by atoms with Gasteiger partial charge in [-0.3, -0.25) is 9.20 Å². The highest BCUT2D eigenvalue weighted by Crippen LogP contribution is 2.18. The van der Waals surface area contributed by atoms with Crippen LogP contribution in [0.1, 0.15) is 32.0 Å². The second-order valence-electron chi connectivity index (χ2n) is 5.76. The Labute approximate surface area is 101 Å². The number of fused-ring (bicyclic) bond motifs is 1. The van der Waals surface area contributed by atoms with Crippen molar-refractivity contribution in [3.05, 3.63) is 46.0 Å². The summed E-state index contributed by atoms with van der Waals surface area (Å²) in [5.41, 5.74) is 2.79. The van der Waals surface area contributed by atoms with E-state index in [1.54, 1.807) is 10.5 Å². The molecule has 17 heavy (non-hydrogen) atoms. The first-order valence-electron chi connectivity index (χ1n) is 5.84. The van der Waals surface area contributed by atoms with Gasteiger partial charge < -0.3 is 0 Å². The molecule has 0 atom stereocenters. The van der Waals surface area contributed by atoms with Crippen molar-refractivity contribution in [2.75, 3.05) is 0 Å². The van der Waals surface area contributed by atoms with Crippen LogP contribution in [0.4, 0.5) is 0 Å². The van der Waals surface area contributed by atoms with Crippen molar-refractivity contribution < 1.29 is 0 Å². The second-order valence-corrected chi connectivity index (χ2v) is 5.76. The molecule has 0 saturated carbocycles. The van der Waals surface area contributed by atoms with Gasteiger partial charge >= 0.3 is 0 Å². The van der Waals surface area contributed by atoms with Gasteiger partial charge in [0.1, 0.15) is 5.65 Å². The number of aromatic nitrogens is 2. The molecular weight excluding hydrogens is 212 g/mol. The minimum absolute atomic E-state index is 0.00190. The zero-order valence-corrected chi connectivity index (χ0v) is 10.8. The fraction of sp³-hybridized carbons (Fsp3) is 0.429. The van der Waals surface area contributed by atoms with Crippen LogP contribution < -0.4 is 5.56 Å². The smallest absolute Gasteiger partial charge is 0.258 e. The molecule has 0 bridgehead atoms. The molecule has 0 aliphatic rings. The molecular formula is C14H18N2O. The van der Waals surface area contributed by atoms with Crippen LogP contribution in [0, 0.1) is 12.3 Å². The van der Waals surface area contributed by atoms with Crippen LogP contribution in [-0.4, -0.2) is 9.38 Å². The Bertz CT molecular complexity index is 606. The molecule has 2 heterocycles. The average molecular weight is 230 g/mol. The molecule has 0 fully saturated rings. The molecule has 0 unspecified atom stereocenters. The number of hydrogen-bond donors (Lipinski definition) is 0. The maximum Gasteiger partial charge on any atom is 0.258 e. The molecule has 3 nitrogen and oxygen atoms in total. The average Bonchev–Trinajstić information content (AvgIpc) is 2.17. The van der Waals surface area contributed by atoms with E-state index in [0.717, 1.165) is 23.3 Å². The van der Waals surface area contributed by atoms with Gasteiger partial charge in [-0.2, -0.15) is 0 Å². The summed E-state index contributed by atoms with van der Waals surface area (Å²) < 4.78 is 1.60. The lowest BCUT2D eigenvalue weighted by molar-refractivity contribution is 0.406. The third kappa shape index (κ3) is 2.73. The van der Waals surface area contributed by atoms with Crippen LogP contribution >= 0.6 is 0 Å². The molecule has 2 rings (SSSR count). The van der Waals surface area contributed by atoms with Crippen LogP contribution in [0.2, 0.25) is 0 Å². The topological polar surface area (TPSA) is 34.4 Å². The standard InChI is InChI=1S/C14H18N2O/c1-10-5-6-12-15-11(8-14(2,3)4)7-13(17)16(12)9-10/h5-7,9H,8H2,1-4H3. The van der Waals surface area contributed by atoms with Crippen LogP contribution in [0.25, 0.3) is 5.65 Å². The van der Waals surface area contributed by atoms with Crippen molar-refractivity contribution in [2.24, 2.45) is 5.41 Å². The number of aryl methyl sites for hydroxylation is 1. The number of rotatable bonds is 1. The van der Waals surface area contributed by atoms with Crippen LogP contribution in [0.5, 0.6) is 0 Å². The van der Waals surface area contributed by atoms with Crippen molar-refractivity contribution >= 4 is 5.65 Å². The molecule has 0 aromatic carbocycles. The quantitative estimate of drug-likeness (QED) is 0.754. The van der Waals surface area contributed by atoms with E-state index in [1.807, 2.05) is 25.3 Å². The maximum absolute atomic E-state index is 12.0. The number of nitrogens with zero attached hydrogens (tertiary/aromatic N) is 2. The van der Waals surface area contributed by atoms with Crippen LogP contribution in [0.15, 0.2) is 29.2 Å². The lowest BCUT2D eigenvalue weighted by Gasteiger charge is -2.17. The monoisotopic (exact) mass is 230 g/mol. The first-order chi connectivity index (χ1) is 7.85. The van der Waals surface area contributed by atoms with Gasteiger partial charge in [0, 0.05) is 18.0 Å². The first kappa shape index (κ1) is 11.8. The first-order valence-corrected chi connectivity index (χ1v) is 5.84. The van der Waals surface area contributed by atoms with E-state index in [9.17, 15) is 4.79 Å². The molecule has 0 spiro atoms. The van der Waals surface area contributed by atoms with Crippen molar-refractivity contribution in [1.29, 1.82) is 0 Å². The fourth-order valence-corrected chi connectivity index (χ4v) is 1.89. The third-order valence-corrected chi connectivity index (χ3v) is 2.57. The Morgan fingerprint density at radius 2 is 2.00 bits per heavy atom. The number of hydrogen-bond acceptors (Lipinski definition) is 2. The van der Waals surface area contributed by atoms with Gasteiger partial charge in [0.25, 0.3) is 5.56 Å². The number of pyridine rings is 1. The van der Waals surface area contributed by atoms with Crippen molar-refractivity contribution in [1.82, 2.24) is 9.38 Å². The minimum Gasteiger partial charge on any atom is -0.269 e. The largest absolute Gasteiger partial charge is 0.269 e. The summed E-state index contributed by atoms with van der Waals surface area (Å²) in [5, 5.41) is 0. The Morgan fingerprint density at radius 1 is 1.29 bits per heavy atom. The van der Waals surface area contributed by atoms with E-state index in [0.29, 0.717) is 0 Å². The van der Waals surface area contributed by atoms with Gasteiger partial charge in [-0.05, 0) is 30.4 Å². The van der Waals surface area contributed by atoms with Gasteiger partial charge in [-0.15, -0.1) is 0 Å². The highest BCUT2D eigenvalue weighted by atomic mass is 16.1. The van der Waals surface area contributed by atoms with Gasteiger partial charge in [0.2, 0.25) is 0 Å². The molecule has 2 aromatic heterocycles. The minimum atomic E-state index is -0.00190. The molecule has 0 aliphatic carbocycles. The van der Waals surface area contributed by atoms with E-state index in [1.165, 1.54) is 0 Å². The lowest BCUT2D eigenvalue weighted by Crippen LogP contribution is -2.18. The summed E-state index contributed by atoms with van der Waals surface area (Å²) in [7, 11) is 0. The fourth-order valence-electron chi connectivity index (χ4n) is 1.89. The Kier molecular flexibility index (Phi) is 2.77. The van der Waals surface area contributed by atoms with E-state index >= 15 is 0 Å². The Morgan fingerprint density at radius 3 is 2.65 bits per heavy atom. The van der Waals surface area contributed by atoms with Gasteiger partial charge in [0.15, 0.2) is 0 Å². The molecule has 0 amide bonds. The molecule has 0 N–H and O–H groups in total. The van der Waals surface area contributed by atoms with Crippen molar-refractivity contribution in [3.8, 4) is 0 Å². The van der Waals surface area contributed by atoms with Crippen molar-refractivity contribution in [2.45, 2.75) is 34.1 Å². The third-order valence-electron chi connectivity index (χ3n) is 2.57. The van der Waals surface area contributed by atoms with E-state index in [-0.39, 0.29) is 11.0 Å². The lowest BCUT2D eigenvalue weighted by atomic mass is 9.90. The Balaban J connectivity index is 2.57. The Hall–Kier alpha value is -1.64. The summed E-state index contributed by atoms with van der Waals surface area (Å²) in [6, 6.07) is 5.50. The molecule has 0 saturated heterocycles. The summed E-state index contributed by atoms with van der Waals surface area (Å²) in [6.07, 6.45) is 2.64. The van der Waals surface area contributed by atoms with Gasteiger partial charge in [-0.25, -0.2) is 4.98 Å². The predicted octanol–water partition coefficient (Wildman–Crippen LogP) is 2.59. The summed E-state index contributed by atoms with van der Waals surface area (Å²) in [5.74, 6) is 0. The highest BCUT2D eigenvalue weighted by Gasteiger charge is 2.13. The molecule has 2 aromatic rings. The summed E-state index contributed by atoms with van der Waals surface area (Å²) in [4.78, 5) is 16.5. The predicted molar refractivity (Wildman–Crippen MR) is 69.4 cm³/mol. The van der Waals surface area contributed by atoms with E-state index < -0.39 is 0 Å². The highest BCUT2D eigenvalue weighted by molar-refractivity contribution is 5.40. The van der Waals surface area contributed by atoms with E-state index in [2.05, 4.69) is 25.8 Å². The van der Waals surface area contributed by atoms with Crippen molar-refractivity contribution in [3.63, 3.8) is 0 Å². The normalized spacial score (nSPS) is 12.0. The zero-order chi connectivity index (χ0) is 12.6. The summed E-state index contributed by atoms with van der Waals surface area (Å²) in [6.45, 7) is 8.40. The van der Waals surface area contributed by atoms with Gasteiger partial charge in [0.05, 0.1) is 0 Å². The maximum atomic E-state index is 12.0. The van der Waals surface area contributed by atoms with Gasteiger partial charge in [-0.1, -0.05) is 26.8 Å².